The number of hydrogen-bond acceptors (Lipinski definition) is 6. The minimum atomic E-state index is -3.92. The van der Waals surface area contributed by atoms with Crippen LogP contribution in [0.25, 0.3) is 0 Å². The molecule has 0 spiro atoms. The van der Waals surface area contributed by atoms with Crippen LogP contribution in [0.5, 0.6) is 5.75 Å². The molecule has 0 aliphatic rings. The Bertz CT molecular complexity index is 825. The summed E-state index contributed by atoms with van der Waals surface area (Å²) in [5, 5.41) is 20.3. The molecule has 2 rings (SSSR count). The first kappa shape index (κ1) is 22.3. The maximum Gasteiger partial charge on any atom is 0.243 e. The molecule has 2 aromatic carbocycles. The average Bonchev–Trinajstić information content (AvgIpc) is 2.67. The molecule has 8 heteroatoms. The lowest BCUT2D eigenvalue weighted by atomic mass is 10.0. The maximum absolute atomic E-state index is 13.0. The first-order valence-electron chi connectivity index (χ1n) is 9.04. The molecule has 0 amide bonds. The summed E-state index contributed by atoms with van der Waals surface area (Å²) in [6, 6.07) is 14.7. The average molecular weight is 409 g/mol. The zero-order chi connectivity index (χ0) is 20.7. The third kappa shape index (κ3) is 6.02. The summed E-state index contributed by atoms with van der Waals surface area (Å²) in [5.41, 5.74) is 7.05. The van der Waals surface area contributed by atoms with Crippen molar-refractivity contribution in [2.75, 3.05) is 20.2 Å². The molecule has 3 atom stereocenters. The van der Waals surface area contributed by atoms with Crippen LogP contribution in [-0.4, -0.2) is 61.4 Å². The Balaban J connectivity index is 2.17. The summed E-state index contributed by atoms with van der Waals surface area (Å²) in [5.74, 6) is 0.533. The molecule has 0 saturated heterocycles. The van der Waals surface area contributed by atoms with Gasteiger partial charge in [0.25, 0.3) is 0 Å². The van der Waals surface area contributed by atoms with E-state index in [0.717, 1.165) is 9.87 Å². The number of hydrogen-bond donors (Lipinski definition) is 3. The molecule has 0 saturated carbocycles. The largest absolute Gasteiger partial charge is 0.497 e. The predicted molar refractivity (Wildman–Crippen MR) is 108 cm³/mol. The molecule has 0 aliphatic carbocycles. The Morgan fingerprint density at radius 2 is 1.64 bits per heavy atom. The number of aliphatic hydroxyl groups excluding tert-OH is 2. The third-order valence-corrected chi connectivity index (χ3v) is 6.21. The summed E-state index contributed by atoms with van der Waals surface area (Å²) in [6.45, 7) is 1.13. The van der Waals surface area contributed by atoms with E-state index in [9.17, 15) is 18.6 Å². The summed E-state index contributed by atoms with van der Waals surface area (Å²) < 4.78 is 32.1. The Hall–Kier alpha value is -1.97. The van der Waals surface area contributed by atoms with Crippen molar-refractivity contribution in [2.24, 2.45) is 5.73 Å². The number of benzene rings is 2. The number of sulfonamides is 1. The molecule has 7 nitrogen and oxygen atoms in total. The second kappa shape index (κ2) is 9.99. The van der Waals surface area contributed by atoms with E-state index in [2.05, 4.69) is 0 Å². The highest BCUT2D eigenvalue weighted by Gasteiger charge is 2.29. The van der Waals surface area contributed by atoms with Crippen molar-refractivity contribution in [1.29, 1.82) is 0 Å². The van der Waals surface area contributed by atoms with Crippen molar-refractivity contribution in [3.8, 4) is 5.75 Å². The van der Waals surface area contributed by atoms with Crippen LogP contribution in [-0.2, 0) is 16.4 Å². The highest BCUT2D eigenvalue weighted by atomic mass is 32.2. The summed E-state index contributed by atoms with van der Waals surface area (Å²) >= 11 is 0. The zero-order valence-corrected chi connectivity index (χ0v) is 16.9. The van der Waals surface area contributed by atoms with Crippen molar-refractivity contribution in [3.05, 3.63) is 60.2 Å². The van der Waals surface area contributed by atoms with Crippen molar-refractivity contribution in [3.63, 3.8) is 0 Å². The van der Waals surface area contributed by atoms with E-state index >= 15 is 0 Å². The van der Waals surface area contributed by atoms with E-state index in [1.165, 1.54) is 26.2 Å². The molecule has 0 aliphatic heterocycles. The third-order valence-electron chi connectivity index (χ3n) is 4.36. The van der Waals surface area contributed by atoms with E-state index < -0.39 is 28.3 Å². The molecule has 0 fully saturated rings. The normalized spacial score (nSPS) is 15.2. The van der Waals surface area contributed by atoms with Crippen molar-refractivity contribution in [1.82, 2.24) is 4.31 Å². The quantitative estimate of drug-likeness (QED) is 0.541. The molecular formula is C20H28N2O5S. The highest BCUT2D eigenvalue weighted by molar-refractivity contribution is 7.89. The number of ether oxygens (including phenoxy) is 1. The molecule has 0 bridgehead atoms. The van der Waals surface area contributed by atoms with E-state index in [-0.39, 0.29) is 18.0 Å². The van der Waals surface area contributed by atoms with Crippen molar-refractivity contribution >= 4 is 10.0 Å². The first-order chi connectivity index (χ1) is 13.2. The number of aliphatic hydroxyl groups is 2. The Labute approximate surface area is 166 Å². The monoisotopic (exact) mass is 408 g/mol. The van der Waals surface area contributed by atoms with Crippen molar-refractivity contribution in [2.45, 2.75) is 36.5 Å². The SMILES string of the molecule is COc1ccc(S(=O)(=O)N(CC(C)O)C[C@@H](O)[C@@H](N)Cc2ccccc2)cc1. The van der Waals surface area contributed by atoms with Crippen LogP contribution >= 0.6 is 0 Å². The van der Waals surface area contributed by atoms with Crippen LogP contribution < -0.4 is 10.5 Å². The lowest BCUT2D eigenvalue weighted by Crippen LogP contribution is -2.48. The van der Waals surface area contributed by atoms with Gasteiger partial charge in [-0.25, -0.2) is 8.42 Å². The molecule has 0 heterocycles. The predicted octanol–water partition coefficient (Wildman–Crippen LogP) is 0.998. The van der Waals surface area contributed by atoms with Crippen LogP contribution in [0.15, 0.2) is 59.5 Å². The smallest absolute Gasteiger partial charge is 0.243 e. The second-order valence-electron chi connectivity index (χ2n) is 6.77. The minimum absolute atomic E-state index is 0.0535. The van der Waals surface area contributed by atoms with E-state index in [4.69, 9.17) is 10.5 Å². The van der Waals surface area contributed by atoms with Crippen LogP contribution in [0.3, 0.4) is 0 Å². The fourth-order valence-electron chi connectivity index (χ4n) is 2.83. The summed E-state index contributed by atoms with van der Waals surface area (Å²) in [7, 11) is -2.43. The number of nitrogens with zero attached hydrogens (tertiary/aromatic N) is 1. The number of nitrogens with two attached hydrogens (primary N) is 1. The van der Waals surface area contributed by atoms with Crippen LogP contribution in [0, 0.1) is 0 Å². The Morgan fingerprint density at radius 1 is 1.04 bits per heavy atom. The lowest BCUT2D eigenvalue weighted by Gasteiger charge is -2.28. The van der Waals surface area contributed by atoms with Gasteiger partial charge in [0.1, 0.15) is 5.75 Å². The van der Waals surface area contributed by atoms with Gasteiger partial charge in [0.05, 0.1) is 24.2 Å². The van der Waals surface area contributed by atoms with Crippen LogP contribution in [0.1, 0.15) is 12.5 Å². The van der Waals surface area contributed by atoms with Gasteiger partial charge in [0.15, 0.2) is 0 Å². The fraction of sp³-hybridized carbons (Fsp3) is 0.400. The zero-order valence-electron chi connectivity index (χ0n) is 16.1. The van der Waals surface area contributed by atoms with E-state index in [1.807, 2.05) is 30.3 Å². The minimum Gasteiger partial charge on any atom is -0.497 e. The fourth-order valence-corrected chi connectivity index (χ4v) is 4.37. The van der Waals surface area contributed by atoms with Crippen molar-refractivity contribution < 1.29 is 23.4 Å². The molecule has 28 heavy (non-hydrogen) atoms. The number of rotatable bonds is 10. The van der Waals surface area contributed by atoms with Gasteiger partial charge in [-0.3, -0.25) is 0 Å². The second-order valence-corrected chi connectivity index (χ2v) is 8.71. The van der Waals surface area contributed by atoms with E-state index in [0.29, 0.717) is 12.2 Å². The van der Waals surface area contributed by atoms with Gasteiger partial charge in [-0.05, 0) is 43.2 Å². The Kier molecular flexibility index (Phi) is 7.97. The van der Waals surface area contributed by atoms with Gasteiger partial charge in [0, 0.05) is 19.1 Å². The van der Waals surface area contributed by atoms with Crippen LogP contribution in [0.4, 0.5) is 0 Å². The van der Waals surface area contributed by atoms with Gasteiger partial charge >= 0.3 is 0 Å². The molecule has 2 aromatic rings. The number of methoxy groups -OCH3 is 1. The summed E-state index contributed by atoms with van der Waals surface area (Å²) in [6.07, 6.45) is -1.58. The van der Waals surface area contributed by atoms with Gasteiger partial charge in [-0.1, -0.05) is 30.3 Å². The maximum atomic E-state index is 13.0. The van der Waals surface area contributed by atoms with Gasteiger partial charge < -0.3 is 20.7 Å². The topological polar surface area (TPSA) is 113 Å². The molecule has 4 N–H and O–H groups in total. The highest BCUT2D eigenvalue weighted by Crippen LogP contribution is 2.20. The lowest BCUT2D eigenvalue weighted by molar-refractivity contribution is 0.0985. The van der Waals surface area contributed by atoms with Gasteiger partial charge in [-0.2, -0.15) is 4.31 Å². The van der Waals surface area contributed by atoms with Crippen LogP contribution in [0.2, 0.25) is 0 Å². The molecular weight excluding hydrogens is 380 g/mol. The van der Waals surface area contributed by atoms with E-state index in [1.54, 1.807) is 12.1 Å². The molecule has 0 aromatic heterocycles. The standard InChI is InChI=1S/C20H28N2O5S/c1-15(23)13-22(28(25,26)18-10-8-17(27-2)9-11-18)14-20(24)19(21)12-16-6-4-3-5-7-16/h3-11,15,19-20,23-24H,12-14,21H2,1-2H3/t15?,19-,20+/m0/s1. The molecule has 1 unspecified atom stereocenters. The first-order valence-corrected chi connectivity index (χ1v) is 10.5. The van der Waals surface area contributed by atoms with Gasteiger partial charge in [0.2, 0.25) is 10.0 Å². The van der Waals surface area contributed by atoms with Gasteiger partial charge in [-0.15, -0.1) is 0 Å². The summed E-state index contributed by atoms with van der Waals surface area (Å²) in [4.78, 5) is 0.0535. The molecule has 0 radical (unpaired) electrons. The molecule has 154 valence electrons. The Morgan fingerprint density at radius 3 is 2.18 bits per heavy atom.